The van der Waals surface area contributed by atoms with E-state index in [4.69, 9.17) is 0 Å². The smallest absolute Gasteiger partial charge is 0.157 e. The van der Waals surface area contributed by atoms with Crippen molar-refractivity contribution in [2.45, 2.75) is 37.9 Å². The lowest BCUT2D eigenvalue weighted by molar-refractivity contribution is 0.560. The molecule has 2 aromatic rings. The molecule has 1 heterocycles. The van der Waals surface area contributed by atoms with Gasteiger partial charge < -0.3 is 0 Å². The van der Waals surface area contributed by atoms with Crippen LogP contribution in [0.2, 0.25) is 0 Å². The van der Waals surface area contributed by atoms with Crippen molar-refractivity contribution in [1.82, 2.24) is 4.98 Å². The molecule has 1 aliphatic rings. The van der Waals surface area contributed by atoms with E-state index >= 15 is 0 Å². The first kappa shape index (κ1) is 14.7. The van der Waals surface area contributed by atoms with Crippen LogP contribution < -0.4 is 0 Å². The number of hydrogen-bond acceptors (Lipinski definition) is 4. The highest BCUT2D eigenvalue weighted by atomic mass is 32.2. The first-order chi connectivity index (χ1) is 10.1. The molecule has 0 saturated carbocycles. The van der Waals surface area contributed by atoms with Crippen LogP contribution in [-0.4, -0.2) is 19.2 Å². The van der Waals surface area contributed by atoms with E-state index < -0.39 is 9.84 Å². The maximum atomic E-state index is 12.7. The van der Waals surface area contributed by atoms with Gasteiger partial charge in [0.05, 0.1) is 22.2 Å². The third-order valence-electron chi connectivity index (χ3n) is 4.21. The van der Waals surface area contributed by atoms with Gasteiger partial charge in [-0.25, -0.2) is 13.4 Å². The highest BCUT2D eigenvalue weighted by Crippen LogP contribution is 2.36. The fourth-order valence-corrected chi connectivity index (χ4v) is 5.85. The van der Waals surface area contributed by atoms with E-state index in [1.54, 1.807) is 16.8 Å². The second-order valence-corrected chi connectivity index (χ2v) is 8.80. The Morgan fingerprint density at radius 1 is 1.33 bits per heavy atom. The molecule has 0 spiro atoms. The van der Waals surface area contributed by atoms with E-state index in [0.29, 0.717) is 6.42 Å². The number of rotatable bonds is 4. The van der Waals surface area contributed by atoms with E-state index in [9.17, 15) is 8.42 Å². The van der Waals surface area contributed by atoms with Crippen molar-refractivity contribution in [3.63, 3.8) is 0 Å². The molecular formula is C16H19NO2S2. The average molecular weight is 321 g/mol. The van der Waals surface area contributed by atoms with Gasteiger partial charge in [-0.15, -0.1) is 11.3 Å². The Morgan fingerprint density at radius 3 is 2.90 bits per heavy atom. The van der Waals surface area contributed by atoms with Gasteiger partial charge in [-0.3, -0.25) is 0 Å². The zero-order valence-electron chi connectivity index (χ0n) is 12.1. The van der Waals surface area contributed by atoms with E-state index in [1.807, 2.05) is 25.1 Å². The minimum atomic E-state index is -3.11. The van der Waals surface area contributed by atoms with Crippen LogP contribution in [0.15, 0.2) is 29.8 Å². The molecule has 112 valence electrons. The van der Waals surface area contributed by atoms with Crippen LogP contribution in [0.3, 0.4) is 0 Å². The molecule has 21 heavy (non-hydrogen) atoms. The van der Waals surface area contributed by atoms with Crippen molar-refractivity contribution in [1.29, 1.82) is 0 Å². The number of sulfone groups is 1. The lowest BCUT2D eigenvalue weighted by atomic mass is 9.91. The fraction of sp³-hybridized carbons (Fsp3) is 0.438. The quantitative estimate of drug-likeness (QED) is 0.866. The van der Waals surface area contributed by atoms with Gasteiger partial charge in [-0.05, 0) is 43.7 Å². The number of aromatic nitrogens is 1. The van der Waals surface area contributed by atoms with Gasteiger partial charge in [-0.1, -0.05) is 24.3 Å². The lowest BCUT2D eigenvalue weighted by Gasteiger charge is -2.25. The maximum Gasteiger partial charge on any atom is 0.157 e. The van der Waals surface area contributed by atoms with Crippen LogP contribution in [0, 0.1) is 6.92 Å². The van der Waals surface area contributed by atoms with Crippen molar-refractivity contribution in [3.8, 4) is 0 Å². The van der Waals surface area contributed by atoms with Crippen LogP contribution in [0.25, 0.3) is 0 Å². The Morgan fingerprint density at radius 2 is 2.14 bits per heavy atom. The van der Waals surface area contributed by atoms with Crippen molar-refractivity contribution in [2.75, 3.05) is 5.75 Å². The molecule has 0 radical (unpaired) electrons. The summed E-state index contributed by atoms with van der Waals surface area (Å²) in [6.07, 6.45) is 3.29. The van der Waals surface area contributed by atoms with Crippen LogP contribution in [0.1, 0.15) is 39.8 Å². The first-order valence-corrected chi connectivity index (χ1v) is 9.86. The van der Waals surface area contributed by atoms with Gasteiger partial charge in [-0.2, -0.15) is 0 Å². The molecule has 3 rings (SSSR count). The normalized spacial score (nSPS) is 18.4. The summed E-state index contributed by atoms with van der Waals surface area (Å²) in [5.41, 5.74) is 4.96. The second-order valence-electron chi connectivity index (χ2n) is 5.56. The molecule has 0 bridgehead atoms. The number of aryl methyl sites for hydroxylation is 3. The first-order valence-electron chi connectivity index (χ1n) is 7.26. The number of benzene rings is 1. The molecule has 1 atom stereocenters. The molecule has 1 aromatic carbocycles. The zero-order valence-corrected chi connectivity index (χ0v) is 13.7. The van der Waals surface area contributed by atoms with Crippen LogP contribution in [-0.2, 0) is 22.7 Å². The molecule has 0 fully saturated rings. The molecule has 5 heteroatoms. The molecular weight excluding hydrogens is 302 g/mol. The summed E-state index contributed by atoms with van der Waals surface area (Å²) in [6.45, 7) is 1.94. The maximum absolute atomic E-state index is 12.7. The van der Waals surface area contributed by atoms with Gasteiger partial charge in [0.1, 0.15) is 0 Å². The third-order valence-corrected chi connectivity index (χ3v) is 7.33. The standard InChI is InChI=1S/C16H19NO2S2/c1-12-15(20-11-17-12)9-10-21(18,19)16-8-4-6-13-5-2-3-7-14(13)16/h2-3,5,7,11,16H,4,6,8-10H2,1H3. The summed E-state index contributed by atoms with van der Waals surface area (Å²) in [5.74, 6) is 0.217. The van der Waals surface area contributed by atoms with E-state index in [1.165, 1.54) is 5.56 Å². The predicted molar refractivity (Wildman–Crippen MR) is 86.5 cm³/mol. The molecule has 3 nitrogen and oxygen atoms in total. The van der Waals surface area contributed by atoms with Gasteiger partial charge in [0, 0.05) is 4.88 Å². The van der Waals surface area contributed by atoms with E-state index in [-0.39, 0.29) is 11.0 Å². The Balaban J connectivity index is 1.81. The number of hydrogen-bond donors (Lipinski definition) is 0. The zero-order chi connectivity index (χ0) is 14.9. The molecule has 1 unspecified atom stereocenters. The molecule has 0 N–H and O–H groups in total. The molecule has 1 aliphatic carbocycles. The predicted octanol–water partition coefficient (Wildman–Crippen LogP) is 3.49. The Labute approximate surface area is 130 Å². The molecule has 1 aromatic heterocycles. The Kier molecular flexibility index (Phi) is 4.13. The van der Waals surface area contributed by atoms with Crippen LogP contribution in [0.4, 0.5) is 0 Å². The summed E-state index contributed by atoms with van der Waals surface area (Å²) in [6, 6.07) is 7.98. The van der Waals surface area contributed by atoms with Gasteiger partial charge in [0.2, 0.25) is 0 Å². The largest absolute Gasteiger partial charge is 0.250 e. The van der Waals surface area contributed by atoms with Gasteiger partial charge in [0.25, 0.3) is 0 Å². The van der Waals surface area contributed by atoms with Crippen LogP contribution in [0.5, 0.6) is 0 Å². The summed E-state index contributed by atoms with van der Waals surface area (Å²) in [7, 11) is -3.11. The minimum absolute atomic E-state index is 0.217. The lowest BCUT2D eigenvalue weighted by Crippen LogP contribution is -2.22. The van der Waals surface area contributed by atoms with Gasteiger partial charge in [0.15, 0.2) is 9.84 Å². The summed E-state index contributed by atoms with van der Waals surface area (Å²) >= 11 is 1.55. The van der Waals surface area contributed by atoms with Crippen LogP contribution >= 0.6 is 11.3 Å². The summed E-state index contributed by atoms with van der Waals surface area (Å²) in [4.78, 5) is 5.28. The highest BCUT2D eigenvalue weighted by molar-refractivity contribution is 7.91. The van der Waals surface area contributed by atoms with Gasteiger partial charge >= 0.3 is 0 Å². The number of fused-ring (bicyclic) bond motifs is 1. The van der Waals surface area contributed by atoms with Crippen molar-refractivity contribution >= 4 is 21.2 Å². The summed E-state index contributed by atoms with van der Waals surface area (Å²) in [5, 5.41) is -0.323. The Bertz CT molecular complexity index is 734. The number of thiazole rings is 1. The molecule has 0 saturated heterocycles. The molecule has 0 amide bonds. The minimum Gasteiger partial charge on any atom is -0.250 e. The van der Waals surface area contributed by atoms with E-state index in [2.05, 4.69) is 11.1 Å². The van der Waals surface area contributed by atoms with Crippen molar-refractivity contribution < 1.29 is 8.42 Å². The van der Waals surface area contributed by atoms with Crippen molar-refractivity contribution in [2.24, 2.45) is 0 Å². The van der Waals surface area contributed by atoms with E-state index in [0.717, 1.165) is 35.4 Å². The number of nitrogens with zero attached hydrogens (tertiary/aromatic N) is 1. The monoisotopic (exact) mass is 321 g/mol. The average Bonchev–Trinajstić information content (AvgIpc) is 2.90. The fourth-order valence-electron chi connectivity index (χ4n) is 3.03. The third kappa shape index (κ3) is 3.04. The summed E-state index contributed by atoms with van der Waals surface area (Å²) < 4.78 is 25.5. The second kappa shape index (κ2) is 5.89. The highest BCUT2D eigenvalue weighted by Gasteiger charge is 2.31. The topological polar surface area (TPSA) is 47.0 Å². The molecule has 0 aliphatic heterocycles. The SMILES string of the molecule is Cc1ncsc1CCS(=O)(=O)C1CCCc2ccccc21. The Hall–Kier alpha value is -1.20. The van der Waals surface area contributed by atoms with Crippen molar-refractivity contribution in [3.05, 3.63) is 51.5 Å².